The van der Waals surface area contributed by atoms with Gasteiger partial charge >= 0.3 is 0 Å². The number of hydrogen-bond donors (Lipinski definition) is 2. The van der Waals surface area contributed by atoms with Crippen LogP contribution in [0, 0.1) is 0 Å². The third kappa shape index (κ3) is 1.52. The second kappa shape index (κ2) is 3.34. The Kier molecular flexibility index (Phi) is 1.98. The number of carbonyl (C=O) groups excluding carboxylic acids is 1. The Labute approximate surface area is 87.2 Å². The van der Waals surface area contributed by atoms with E-state index in [1.807, 2.05) is 0 Å². The maximum Gasteiger partial charge on any atom is 0.290 e. The van der Waals surface area contributed by atoms with E-state index < -0.39 is 0 Å². The summed E-state index contributed by atoms with van der Waals surface area (Å²) >= 11 is 0. The van der Waals surface area contributed by atoms with E-state index in [1.54, 1.807) is 6.07 Å². The summed E-state index contributed by atoms with van der Waals surface area (Å²) in [5.41, 5.74) is 0. The van der Waals surface area contributed by atoms with Gasteiger partial charge in [0.15, 0.2) is 0 Å². The minimum Gasteiger partial charge on any atom is -0.351 e. The molecule has 5 nitrogen and oxygen atoms in total. The van der Waals surface area contributed by atoms with Crippen LogP contribution >= 0.6 is 0 Å². The molecule has 0 saturated carbocycles. The van der Waals surface area contributed by atoms with E-state index in [0.29, 0.717) is 12.1 Å². The summed E-state index contributed by atoms with van der Waals surface area (Å²) in [7, 11) is 0. The summed E-state index contributed by atoms with van der Waals surface area (Å²) in [5, 5.41) is 9.96. The van der Waals surface area contributed by atoms with Gasteiger partial charge in [0.1, 0.15) is 0 Å². The topological polar surface area (TPSA) is 67.2 Å². The highest BCUT2D eigenvalue weighted by atomic mass is 16.5. The van der Waals surface area contributed by atoms with Gasteiger partial charge in [-0.25, -0.2) is 0 Å². The van der Waals surface area contributed by atoms with Gasteiger partial charge in [-0.3, -0.25) is 4.79 Å². The van der Waals surface area contributed by atoms with Crippen molar-refractivity contribution in [3.63, 3.8) is 0 Å². The first-order chi connectivity index (χ1) is 7.33. The molecule has 2 aliphatic rings. The highest BCUT2D eigenvalue weighted by molar-refractivity contribution is 5.91. The Morgan fingerprint density at radius 2 is 2.53 bits per heavy atom. The molecule has 3 heterocycles. The molecule has 2 N–H and O–H groups in total. The van der Waals surface area contributed by atoms with Crippen LogP contribution in [0.3, 0.4) is 0 Å². The molecule has 5 heteroatoms. The monoisotopic (exact) mass is 207 g/mol. The lowest BCUT2D eigenvalue weighted by atomic mass is 9.95. The zero-order valence-corrected chi connectivity index (χ0v) is 8.27. The molecular weight excluding hydrogens is 194 g/mol. The molecule has 0 aliphatic carbocycles. The maximum absolute atomic E-state index is 11.7. The Morgan fingerprint density at radius 1 is 1.60 bits per heavy atom. The molecule has 1 amide bonds. The second-order valence-electron chi connectivity index (χ2n) is 4.24. The highest BCUT2D eigenvalue weighted by Crippen LogP contribution is 2.28. The van der Waals surface area contributed by atoms with Crippen LogP contribution in [0.15, 0.2) is 16.8 Å². The fourth-order valence-electron chi connectivity index (χ4n) is 2.56. The lowest BCUT2D eigenvalue weighted by molar-refractivity contribution is 0.0893. The van der Waals surface area contributed by atoms with Crippen LogP contribution in [0.2, 0.25) is 0 Å². The summed E-state index contributed by atoms with van der Waals surface area (Å²) in [6.07, 6.45) is 4.91. The summed E-state index contributed by atoms with van der Waals surface area (Å²) in [4.78, 5) is 11.7. The predicted molar refractivity (Wildman–Crippen MR) is 52.3 cm³/mol. The summed E-state index contributed by atoms with van der Waals surface area (Å²) in [6, 6.07) is 2.87. The van der Waals surface area contributed by atoms with Crippen molar-refractivity contribution in [1.29, 1.82) is 0 Å². The number of rotatable bonds is 2. The smallest absolute Gasteiger partial charge is 0.290 e. The van der Waals surface area contributed by atoms with E-state index >= 15 is 0 Å². The van der Waals surface area contributed by atoms with Gasteiger partial charge in [0.05, 0.1) is 6.20 Å². The van der Waals surface area contributed by atoms with Gasteiger partial charge in [-0.05, 0) is 19.3 Å². The van der Waals surface area contributed by atoms with E-state index in [0.717, 1.165) is 12.8 Å². The summed E-state index contributed by atoms with van der Waals surface area (Å²) in [5.74, 6) is 0.129. The van der Waals surface area contributed by atoms with E-state index in [9.17, 15) is 4.79 Å². The lowest BCUT2D eigenvalue weighted by Crippen LogP contribution is -2.42. The van der Waals surface area contributed by atoms with Crippen LogP contribution in [-0.2, 0) is 0 Å². The zero-order chi connectivity index (χ0) is 10.3. The molecule has 2 unspecified atom stereocenters. The third-order valence-corrected chi connectivity index (χ3v) is 3.28. The van der Waals surface area contributed by atoms with Crippen molar-refractivity contribution >= 4 is 5.91 Å². The Balaban J connectivity index is 1.64. The fourth-order valence-corrected chi connectivity index (χ4v) is 2.56. The Hall–Kier alpha value is -1.36. The van der Waals surface area contributed by atoms with Crippen LogP contribution in [-0.4, -0.2) is 29.2 Å². The van der Waals surface area contributed by atoms with Gasteiger partial charge in [-0.15, -0.1) is 0 Å². The molecular formula is C10H13N3O2. The third-order valence-electron chi connectivity index (χ3n) is 3.28. The molecule has 1 aromatic rings. The van der Waals surface area contributed by atoms with Crippen LogP contribution < -0.4 is 10.6 Å². The quantitative estimate of drug-likeness (QED) is 0.731. The van der Waals surface area contributed by atoms with Crippen LogP contribution in [0.25, 0.3) is 0 Å². The summed E-state index contributed by atoms with van der Waals surface area (Å²) in [6.45, 7) is 0. The van der Waals surface area contributed by atoms with Gasteiger partial charge in [-0.2, -0.15) is 0 Å². The molecule has 0 spiro atoms. The SMILES string of the molecule is O=C(N[C@@H]1CC2CCC1N2)c1ccno1. The van der Waals surface area contributed by atoms with Gasteiger partial charge < -0.3 is 15.2 Å². The largest absolute Gasteiger partial charge is 0.351 e. The number of nitrogens with one attached hydrogen (secondary N) is 2. The number of carbonyl (C=O) groups is 1. The number of aromatic nitrogens is 1. The van der Waals surface area contributed by atoms with Gasteiger partial charge in [0.25, 0.3) is 5.91 Å². The van der Waals surface area contributed by atoms with Crippen molar-refractivity contribution in [3.8, 4) is 0 Å². The number of amides is 1. The number of nitrogens with zero attached hydrogens (tertiary/aromatic N) is 1. The number of fused-ring (bicyclic) bond motifs is 2. The molecule has 0 radical (unpaired) electrons. The molecule has 0 aromatic carbocycles. The fraction of sp³-hybridized carbons (Fsp3) is 0.600. The van der Waals surface area contributed by atoms with Crippen molar-refractivity contribution in [2.45, 2.75) is 37.4 Å². The van der Waals surface area contributed by atoms with E-state index in [4.69, 9.17) is 4.52 Å². The first-order valence-electron chi connectivity index (χ1n) is 5.30. The molecule has 15 heavy (non-hydrogen) atoms. The van der Waals surface area contributed by atoms with Crippen molar-refractivity contribution in [2.24, 2.45) is 0 Å². The molecule has 2 aliphatic heterocycles. The zero-order valence-electron chi connectivity index (χ0n) is 8.27. The van der Waals surface area contributed by atoms with Crippen molar-refractivity contribution in [2.75, 3.05) is 0 Å². The average Bonchev–Trinajstić information content (AvgIpc) is 2.95. The second-order valence-corrected chi connectivity index (χ2v) is 4.24. The predicted octanol–water partition coefficient (Wildman–Crippen LogP) is 0.297. The van der Waals surface area contributed by atoms with Gasteiger partial charge in [0.2, 0.25) is 5.76 Å². The Bertz CT molecular complexity index is 363. The number of hydrogen-bond acceptors (Lipinski definition) is 4. The van der Waals surface area contributed by atoms with E-state index in [1.165, 1.54) is 12.6 Å². The molecule has 3 atom stereocenters. The summed E-state index contributed by atoms with van der Waals surface area (Å²) < 4.78 is 4.80. The van der Waals surface area contributed by atoms with E-state index in [-0.39, 0.29) is 17.7 Å². The van der Waals surface area contributed by atoms with Crippen molar-refractivity contribution in [1.82, 2.24) is 15.8 Å². The molecule has 1 aromatic heterocycles. The van der Waals surface area contributed by atoms with E-state index in [2.05, 4.69) is 15.8 Å². The van der Waals surface area contributed by atoms with Crippen LogP contribution in [0.4, 0.5) is 0 Å². The highest BCUT2D eigenvalue weighted by Gasteiger charge is 2.39. The molecule has 2 saturated heterocycles. The molecule has 2 fully saturated rings. The Morgan fingerprint density at radius 3 is 3.13 bits per heavy atom. The maximum atomic E-state index is 11.7. The van der Waals surface area contributed by atoms with Crippen molar-refractivity contribution in [3.05, 3.63) is 18.0 Å². The van der Waals surface area contributed by atoms with Crippen LogP contribution in [0.5, 0.6) is 0 Å². The van der Waals surface area contributed by atoms with Gasteiger partial charge in [0, 0.05) is 24.2 Å². The lowest BCUT2D eigenvalue weighted by Gasteiger charge is -2.20. The standard InChI is InChI=1S/C10H13N3O2/c14-10(9-3-4-11-15-9)13-8-5-6-1-2-7(8)12-6/h3-4,6-8,12H,1-2,5H2,(H,13,14)/t6?,7?,8-/m1/s1. The van der Waals surface area contributed by atoms with Gasteiger partial charge in [-0.1, -0.05) is 5.16 Å². The molecule has 80 valence electrons. The molecule has 2 bridgehead atoms. The normalized spacial score (nSPS) is 33.2. The van der Waals surface area contributed by atoms with Crippen molar-refractivity contribution < 1.29 is 9.32 Å². The first kappa shape index (κ1) is 8.91. The average molecular weight is 207 g/mol. The minimum atomic E-state index is -0.160. The van der Waals surface area contributed by atoms with Crippen LogP contribution in [0.1, 0.15) is 29.8 Å². The minimum absolute atomic E-state index is 0.160. The first-order valence-corrected chi connectivity index (χ1v) is 5.30. The molecule has 3 rings (SSSR count).